The van der Waals surface area contributed by atoms with Crippen molar-refractivity contribution in [2.75, 3.05) is 40.3 Å². The van der Waals surface area contributed by atoms with Gasteiger partial charge in [-0.25, -0.2) is 5.84 Å². The Balaban J connectivity index is 2.39. The molecule has 12 heavy (non-hydrogen) atoms. The summed E-state index contributed by atoms with van der Waals surface area (Å²) in [4.78, 5) is 4.42. The summed E-state index contributed by atoms with van der Waals surface area (Å²) >= 11 is 5.14. The van der Waals surface area contributed by atoms with E-state index in [2.05, 4.69) is 16.8 Å². The van der Waals surface area contributed by atoms with E-state index >= 15 is 0 Å². The Kier molecular flexibility index (Phi) is 3.25. The van der Waals surface area contributed by atoms with Crippen LogP contribution in [0.3, 0.4) is 0 Å². The molecule has 0 spiro atoms. The third-order valence-corrected chi connectivity index (χ3v) is 2.62. The molecule has 70 valence electrons. The smallest absolute Gasteiger partial charge is 0.185 e. The van der Waals surface area contributed by atoms with E-state index in [4.69, 9.17) is 18.1 Å². The molecule has 0 aromatic heterocycles. The van der Waals surface area contributed by atoms with Crippen LogP contribution in [0.4, 0.5) is 0 Å². The first-order valence-electron chi connectivity index (χ1n) is 4.07. The van der Waals surface area contributed by atoms with Gasteiger partial charge in [0.2, 0.25) is 0 Å². The topological polar surface area (TPSA) is 35.7 Å². The van der Waals surface area contributed by atoms with Gasteiger partial charge in [0.15, 0.2) is 5.11 Å². The molecule has 5 heteroatoms. The first-order valence-corrected chi connectivity index (χ1v) is 4.48. The number of thiocarbonyl (C=S) groups is 1. The van der Waals surface area contributed by atoms with Crippen molar-refractivity contribution >= 4 is 17.3 Å². The van der Waals surface area contributed by atoms with Gasteiger partial charge in [-0.05, 0) is 19.3 Å². The zero-order valence-corrected chi connectivity index (χ0v) is 8.47. The maximum atomic E-state index is 5.54. The minimum absolute atomic E-state index is 0.739. The Bertz CT molecular complexity index is 163. The maximum absolute atomic E-state index is 5.54. The first kappa shape index (κ1) is 9.70. The van der Waals surface area contributed by atoms with Crippen LogP contribution in [0.15, 0.2) is 0 Å². The van der Waals surface area contributed by atoms with Gasteiger partial charge in [0.25, 0.3) is 0 Å². The quantitative estimate of drug-likeness (QED) is 0.310. The van der Waals surface area contributed by atoms with Gasteiger partial charge in [0.05, 0.1) is 0 Å². The molecule has 0 aromatic rings. The largest absolute Gasteiger partial charge is 0.346 e. The highest BCUT2D eigenvalue weighted by molar-refractivity contribution is 7.80. The highest BCUT2D eigenvalue weighted by Gasteiger charge is 2.17. The average Bonchev–Trinajstić information content (AvgIpc) is 2.04. The lowest BCUT2D eigenvalue weighted by Gasteiger charge is -2.35. The molecule has 1 heterocycles. The molecule has 0 bridgehead atoms. The van der Waals surface area contributed by atoms with Crippen molar-refractivity contribution in [2.45, 2.75) is 0 Å². The fraction of sp³-hybridized carbons (Fsp3) is 0.857. The second kappa shape index (κ2) is 4.02. The molecule has 0 aliphatic carbocycles. The van der Waals surface area contributed by atoms with Gasteiger partial charge >= 0.3 is 0 Å². The van der Waals surface area contributed by atoms with Gasteiger partial charge in [0, 0.05) is 33.2 Å². The van der Waals surface area contributed by atoms with Crippen molar-refractivity contribution in [3.05, 3.63) is 0 Å². The summed E-state index contributed by atoms with van der Waals surface area (Å²) in [5, 5.41) is 2.24. The standard InChI is InChI=1S/C7H16N4S/c1-9-3-5-11(6-4-9)7(12)10(2)8/h3-6,8H2,1-2H3. The van der Waals surface area contributed by atoms with E-state index in [9.17, 15) is 0 Å². The number of hydrogen-bond acceptors (Lipinski definition) is 3. The van der Waals surface area contributed by atoms with Crippen molar-refractivity contribution in [3.63, 3.8) is 0 Å². The molecule has 0 unspecified atom stereocenters. The second-order valence-electron chi connectivity index (χ2n) is 3.18. The molecule has 0 amide bonds. The van der Waals surface area contributed by atoms with Gasteiger partial charge in [-0.1, -0.05) is 0 Å². The van der Waals surface area contributed by atoms with E-state index < -0.39 is 0 Å². The highest BCUT2D eigenvalue weighted by Crippen LogP contribution is 2.01. The number of hydrogen-bond donors (Lipinski definition) is 1. The van der Waals surface area contributed by atoms with Crippen LogP contribution >= 0.6 is 12.2 Å². The number of piperazine rings is 1. The van der Waals surface area contributed by atoms with Crippen LogP contribution in [0.25, 0.3) is 0 Å². The molecular formula is C7H16N4S. The van der Waals surface area contributed by atoms with E-state index in [-0.39, 0.29) is 0 Å². The van der Waals surface area contributed by atoms with Crippen molar-refractivity contribution in [1.82, 2.24) is 14.8 Å². The molecule has 1 fully saturated rings. The molecule has 0 aromatic carbocycles. The number of hydrazine groups is 1. The van der Waals surface area contributed by atoms with Crippen molar-refractivity contribution in [3.8, 4) is 0 Å². The molecule has 1 rings (SSSR count). The van der Waals surface area contributed by atoms with Gasteiger partial charge in [-0.15, -0.1) is 0 Å². The molecule has 0 atom stereocenters. The van der Waals surface area contributed by atoms with Crippen LogP contribution in [-0.2, 0) is 0 Å². The predicted octanol–water partition coefficient (Wildman–Crippen LogP) is -0.676. The number of likely N-dealkylation sites (N-methyl/N-ethyl adjacent to an activating group) is 1. The van der Waals surface area contributed by atoms with E-state index in [1.807, 2.05) is 0 Å². The van der Waals surface area contributed by atoms with Crippen molar-refractivity contribution in [2.24, 2.45) is 5.84 Å². The highest BCUT2D eigenvalue weighted by atomic mass is 32.1. The van der Waals surface area contributed by atoms with Crippen LogP contribution in [0, 0.1) is 0 Å². The number of nitrogens with zero attached hydrogens (tertiary/aromatic N) is 3. The second-order valence-corrected chi connectivity index (χ2v) is 3.55. The monoisotopic (exact) mass is 188 g/mol. The molecule has 2 N–H and O–H groups in total. The first-order chi connectivity index (χ1) is 5.61. The zero-order chi connectivity index (χ0) is 9.14. The number of rotatable bonds is 0. The summed E-state index contributed by atoms with van der Waals surface area (Å²) in [6.45, 7) is 4.09. The predicted molar refractivity (Wildman–Crippen MR) is 53.6 cm³/mol. The van der Waals surface area contributed by atoms with Crippen molar-refractivity contribution in [1.29, 1.82) is 0 Å². The summed E-state index contributed by atoms with van der Waals surface area (Å²) in [7, 11) is 3.90. The fourth-order valence-corrected chi connectivity index (χ4v) is 1.40. The summed E-state index contributed by atoms with van der Waals surface area (Å²) in [5.41, 5.74) is 0. The third kappa shape index (κ3) is 2.30. The lowest BCUT2D eigenvalue weighted by atomic mass is 10.3. The Labute approximate surface area is 78.9 Å². The molecular weight excluding hydrogens is 172 g/mol. The number of nitrogens with two attached hydrogens (primary N) is 1. The van der Waals surface area contributed by atoms with Crippen LogP contribution in [-0.4, -0.2) is 60.2 Å². The summed E-state index contributed by atoms with van der Waals surface area (Å²) in [6, 6.07) is 0. The van der Waals surface area contributed by atoms with E-state index in [0.29, 0.717) is 0 Å². The Morgan fingerprint density at radius 2 is 1.83 bits per heavy atom. The summed E-state index contributed by atoms with van der Waals surface area (Å²) in [6.07, 6.45) is 0. The molecule has 1 aliphatic rings. The van der Waals surface area contributed by atoms with Crippen LogP contribution < -0.4 is 5.84 Å². The molecule has 1 aliphatic heterocycles. The SMILES string of the molecule is CN1CCN(C(=S)N(C)N)CC1. The summed E-state index contributed by atoms with van der Waals surface area (Å²) < 4.78 is 0. The molecule has 1 saturated heterocycles. The van der Waals surface area contributed by atoms with Crippen LogP contribution in [0.2, 0.25) is 0 Å². The van der Waals surface area contributed by atoms with Gasteiger partial charge in [-0.2, -0.15) is 0 Å². The minimum Gasteiger partial charge on any atom is -0.346 e. The summed E-state index contributed by atoms with van der Waals surface area (Å²) in [5.74, 6) is 5.54. The Morgan fingerprint density at radius 3 is 2.25 bits per heavy atom. The minimum atomic E-state index is 0.739. The van der Waals surface area contributed by atoms with E-state index in [1.54, 1.807) is 7.05 Å². The molecule has 0 saturated carbocycles. The van der Waals surface area contributed by atoms with Gasteiger partial charge in [0.1, 0.15) is 0 Å². The normalized spacial score (nSPS) is 19.4. The van der Waals surface area contributed by atoms with Gasteiger partial charge < -0.3 is 9.80 Å². The lowest BCUT2D eigenvalue weighted by molar-refractivity contribution is 0.204. The fourth-order valence-electron chi connectivity index (χ4n) is 1.22. The molecule has 4 nitrogen and oxygen atoms in total. The zero-order valence-electron chi connectivity index (χ0n) is 7.66. The molecule has 0 radical (unpaired) electrons. The lowest BCUT2D eigenvalue weighted by Crippen LogP contribution is -2.52. The van der Waals surface area contributed by atoms with Crippen LogP contribution in [0.1, 0.15) is 0 Å². The Hall–Kier alpha value is -0.390. The van der Waals surface area contributed by atoms with Crippen molar-refractivity contribution < 1.29 is 0 Å². The maximum Gasteiger partial charge on any atom is 0.185 e. The van der Waals surface area contributed by atoms with E-state index in [0.717, 1.165) is 31.3 Å². The van der Waals surface area contributed by atoms with Gasteiger partial charge in [-0.3, -0.25) is 5.01 Å². The Morgan fingerprint density at radius 1 is 1.33 bits per heavy atom. The van der Waals surface area contributed by atoms with Crippen LogP contribution in [0.5, 0.6) is 0 Å². The third-order valence-electron chi connectivity index (χ3n) is 2.08. The van der Waals surface area contributed by atoms with E-state index in [1.165, 1.54) is 5.01 Å². The average molecular weight is 188 g/mol.